The van der Waals surface area contributed by atoms with Gasteiger partial charge in [-0.3, -0.25) is 9.79 Å². The normalized spacial score (nSPS) is 29.7. The number of fused-ring (bicyclic) bond motifs is 2. The van der Waals surface area contributed by atoms with Gasteiger partial charge in [0, 0.05) is 38.3 Å². The van der Waals surface area contributed by atoms with Crippen molar-refractivity contribution in [2.24, 2.45) is 10.9 Å². The Morgan fingerprint density at radius 2 is 2.29 bits per heavy atom. The molecular formula is C12H18BrN3O. The summed E-state index contributed by atoms with van der Waals surface area (Å²) in [5.74, 6) is 0.762. The van der Waals surface area contributed by atoms with Crippen LogP contribution in [0.2, 0.25) is 0 Å². The van der Waals surface area contributed by atoms with Gasteiger partial charge in [0.25, 0.3) is 0 Å². The Bertz CT molecular complexity index is 366. The molecule has 1 N–H and O–H groups in total. The highest BCUT2D eigenvalue weighted by Gasteiger charge is 2.34. The Morgan fingerprint density at radius 1 is 1.53 bits per heavy atom. The lowest BCUT2D eigenvalue weighted by Gasteiger charge is -2.31. The Labute approximate surface area is 110 Å². The van der Waals surface area contributed by atoms with Crippen molar-refractivity contribution >= 4 is 26.5 Å². The second-order valence-corrected chi connectivity index (χ2v) is 5.60. The first-order valence-electron chi connectivity index (χ1n) is 5.93. The van der Waals surface area contributed by atoms with Crippen LogP contribution in [0, 0.1) is 5.92 Å². The van der Waals surface area contributed by atoms with Gasteiger partial charge >= 0.3 is 0 Å². The van der Waals surface area contributed by atoms with Gasteiger partial charge < -0.3 is 10.2 Å². The third-order valence-corrected chi connectivity index (χ3v) is 3.99. The molecule has 2 aliphatic heterocycles. The zero-order valence-electron chi connectivity index (χ0n) is 10.2. The molecule has 2 aliphatic rings. The average Bonchev–Trinajstić information content (AvgIpc) is 2.66. The second kappa shape index (κ2) is 5.31. The fourth-order valence-electron chi connectivity index (χ4n) is 2.55. The Kier molecular flexibility index (Phi) is 3.99. The molecule has 2 heterocycles. The van der Waals surface area contributed by atoms with E-state index < -0.39 is 0 Å². The van der Waals surface area contributed by atoms with Crippen LogP contribution in [0.5, 0.6) is 0 Å². The molecule has 2 fully saturated rings. The minimum absolute atomic E-state index is 0.129. The molecular weight excluding hydrogens is 282 g/mol. The van der Waals surface area contributed by atoms with Crippen LogP contribution in [0.15, 0.2) is 16.6 Å². The minimum atomic E-state index is 0.129. The molecule has 94 valence electrons. The molecule has 4 nitrogen and oxygen atoms in total. The van der Waals surface area contributed by atoms with Crippen LogP contribution in [0.4, 0.5) is 0 Å². The number of allylic oxidation sites excluding steroid dienone is 1. The molecule has 0 radical (unpaired) electrons. The maximum absolute atomic E-state index is 12.2. The quantitative estimate of drug-likeness (QED) is 0.615. The zero-order chi connectivity index (χ0) is 12.4. The monoisotopic (exact) mass is 299 g/mol. The van der Waals surface area contributed by atoms with Gasteiger partial charge in [-0.25, -0.2) is 0 Å². The topological polar surface area (TPSA) is 44.7 Å². The van der Waals surface area contributed by atoms with E-state index in [1.165, 1.54) is 6.42 Å². The first-order chi connectivity index (χ1) is 8.10. The lowest BCUT2D eigenvalue weighted by atomic mass is 9.99. The summed E-state index contributed by atoms with van der Waals surface area (Å²) in [5, 5.41) is 3.45. The van der Waals surface area contributed by atoms with Crippen molar-refractivity contribution < 1.29 is 4.79 Å². The van der Waals surface area contributed by atoms with Crippen molar-refractivity contribution in [3.8, 4) is 0 Å². The summed E-state index contributed by atoms with van der Waals surface area (Å²) in [6, 6.07) is 0.494. The number of nitrogens with zero attached hydrogens (tertiary/aromatic N) is 2. The molecule has 1 amide bonds. The average molecular weight is 300 g/mol. The molecule has 0 aromatic carbocycles. The van der Waals surface area contributed by atoms with E-state index in [2.05, 4.69) is 26.2 Å². The Morgan fingerprint density at radius 3 is 2.94 bits per heavy atom. The van der Waals surface area contributed by atoms with Gasteiger partial charge in [-0.1, -0.05) is 0 Å². The summed E-state index contributed by atoms with van der Waals surface area (Å²) < 4.78 is 0.710. The van der Waals surface area contributed by atoms with Crippen molar-refractivity contribution in [2.75, 3.05) is 26.7 Å². The number of carbonyl (C=O) groups is 1. The van der Waals surface area contributed by atoms with Crippen LogP contribution in [-0.4, -0.2) is 48.2 Å². The van der Waals surface area contributed by atoms with Gasteiger partial charge in [0.1, 0.15) is 4.62 Å². The fourth-order valence-corrected chi connectivity index (χ4v) is 2.90. The zero-order valence-corrected chi connectivity index (χ0v) is 11.8. The highest BCUT2D eigenvalue weighted by Crippen LogP contribution is 2.23. The summed E-state index contributed by atoms with van der Waals surface area (Å²) >= 11 is 3.30. The molecule has 5 heteroatoms. The van der Waals surface area contributed by atoms with E-state index in [0.717, 1.165) is 25.2 Å². The van der Waals surface area contributed by atoms with Crippen LogP contribution in [0.25, 0.3) is 0 Å². The van der Waals surface area contributed by atoms with Crippen LogP contribution in [0.3, 0.4) is 0 Å². The number of nitrogens with one attached hydrogen (secondary N) is 1. The number of rotatable bonds is 2. The maximum Gasteiger partial charge on any atom is 0.249 e. The lowest BCUT2D eigenvalue weighted by molar-refractivity contribution is -0.128. The summed E-state index contributed by atoms with van der Waals surface area (Å²) in [4.78, 5) is 18.2. The van der Waals surface area contributed by atoms with Gasteiger partial charge in [-0.15, -0.1) is 0 Å². The highest BCUT2D eigenvalue weighted by atomic mass is 79.9. The summed E-state index contributed by atoms with van der Waals surface area (Å²) in [7, 11) is 1.70. The first-order valence-corrected chi connectivity index (χ1v) is 6.72. The van der Waals surface area contributed by atoms with Crippen molar-refractivity contribution in [1.82, 2.24) is 10.2 Å². The molecule has 0 aliphatic carbocycles. The van der Waals surface area contributed by atoms with Gasteiger partial charge in [0.05, 0.1) is 0 Å². The van der Waals surface area contributed by atoms with Crippen molar-refractivity contribution in [2.45, 2.75) is 19.4 Å². The summed E-state index contributed by atoms with van der Waals surface area (Å²) in [6.07, 6.45) is 3.00. The van der Waals surface area contributed by atoms with Crippen molar-refractivity contribution in [3.63, 3.8) is 0 Å². The molecule has 2 saturated heterocycles. The van der Waals surface area contributed by atoms with Crippen LogP contribution >= 0.6 is 15.9 Å². The number of aliphatic imine (C=N–C) groups is 1. The fraction of sp³-hybridized carbons (Fsp3) is 0.667. The van der Waals surface area contributed by atoms with E-state index in [0.29, 0.717) is 16.6 Å². The van der Waals surface area contributed by atoms with Crippen LogP contribution in [0.1, 0.15) is 13.3 Å². The van der Waals surface area contributed by atoms with Crippen molar-refractivity contribution in [1.29, 1.82) is 0 Å². The number of piperidine rings is 1. The molecule has 0 aromatic heterocycles. The third-order valence-electron chi connectivity index (χ3n) is 3.41. The van der Waals surface area contributed by atoms with Crippen molar-refractivity contribution in [3.05, 3.63) is 11.6 Å². The molecule has 2 rings (SSSR count). The predicted molar refractivity (Wildman–Crippen MR) is 72.5 cm³/mol. The first kappa shape index (κ1) is 12.8. The molecule has 0 aromatic rings. The lowest BCUT2D eigenvalue weighted by Crippen LogP contribution is -2.44. The van der Waals surface area contributed by atoms with Gasteiger partial charge in [0.2, 0.25) is 5.91 Å². The van der Waals surface area contributed by atoms with E-state index in [1.807, 2.05) is 11.8 Å². The van der Waals surface area contributed by atoms with E-state index in [1.54, 1.807) is 13.1 Å². The minimum Gasteiger partial charge on any atom is -0.337 e. The third kappa shape index (κ3) is 2.96. The van der Waals surface area contributed by atoms with Crippen LogP contribution < -0.4 is 5.32 Å². The number of amides is 1. The molecule has 2 unspecified atom stereocenters. The Balaban J connectivity index is 2.03. The standard InChI is InChI=1S/C12H18BrN3O/c1-8(3-11(13)14-2)12(17)16-6-9-4-10(7-16)15-5-9/h3,9-10,15H,4-7H2,1-2H3/b8-3+,14-11?. The van der Waals surface area contributed by atoms with E-state index in [4.69, 9.17) is 0 Å². The van der Waals surface area contributed by atoms with E-state index in [-0.39, 0.29) is 5.91 Å². The number of hydrogen-bond donors (Lipinski definition) is 1. The number of halogens is 1. The number of carbonyl (C=O) groups excluding carboxylic acids is 1. The Hall–Kier alpha value is -0.680. The highest BCUT2D eigenvalue weighted by molar-refractivity contribution is 9.18. The van der Waals surface area contributed by atoms with Gasteiger partial charge in [-0.2, -0.15) is 0 Å². The molecule has 2 atom stereocenters. The van der Waals surface area contributed by atoms with E-state index in [9.17, 15) is 4.79 Å². The molecule has 0 saturated carbocycles. The predicted octanol–water partition coefficient (Wildman–Crippen LogP) is 1.18. The second-order valence-electron chi connectivity index (χ2n) is 4.79. The largest absolute Gasteiger partial charge is 0.337 e. The molecule has 0 spiro atoms. The maximum atomic E-state index is 12.2. The van der Waals surface area contributed by atoms with Gasteiger partial charge in [0.15, 0.2) is 0 Å². The summed E-state index contributed by atoms with van der Waals surface area (Å²) in [5.41, 5.74) is 0.740. The number of hydrogen-bond acceptors (Lipinski definition) is 3. The molecule has 17 heavy (non-hydrogen) atoms. The van der Waals surface area contributed by atoms with Gasteiger partial charge in [-0.05, 0) is 41.3 Å². The number of likely N-dealkylation sites (tertiary alicyclic amines) is 1. The van der Waals surface area contributed by atoms with E-state index >= 15 is 0 Å². The smallest absolute Gasteiger partial charge is 0.249 e. The van der Waals surface area contributed by atoms with Crippen LogP contribution in [-0.2, 0) is 4.79 Å². The SMILES string of the molecule is CN=C(Br)/C=C(\C)C(=O)N1CC2CNC(C2)C1. The summed E-state index contributed by atoms with van der Waals surface area (Å²) in [6.45, 7) is 4.62. The molecule has 2 bridgehead atoms.